The molecule has 1 heterocycles. The van der Waals surface area contributed by atoms with Crippen LogP contribution in [0.3, 0.4) is 0 Å². The molecule has 1 aliphatic carbocycles. The van der Waals surface area contributed by atoms with Crippen LogP contribution in [0.2, 0.25) is 0 Å². The summed E-state index contributed by atoms with van der Waals surface area (Å²) in [6.07, 6.45) is 4.52. The third-order valence-electron chi connectivity index (χ3n) is 7.47. The van der Waals surface area contributed by atoms with Crippen LogP contribution in [0.5, 0.6) is 11.5 Å². The van der Waals surface area contributed by atoms with Gasteiger partial charge in [-0.2, -0.15) is 0 Å². The molecule has 0 radical (unpaired) electrons. The van der Waals surface area contributed by atoms with E-state index < -0.39 is 6.04 Å². The van der Waals surface area contributed by atoms with Gasteiger partial charge in [-0.3, -0.25) is 4.79 Å². The van der Waals surface area contributed by atoms with E-state index in [0.29, 0.717) is 24.6 Å². The number of carbonyl (C=O) groups is 2. The van der Waals surface area contributed by atoms with Gasteiger partial charge in [-0.25, -0.2) is 4.79 Å². The predicted octanol–water partition coefficient (Wildman–Crippen LogP) is 4.38. The molecule has 0 saturated heterocycles. The zero-order valence-corrected chi connectivity index (χ0v) is 21.2. The molecule has 3 atom stereocenters. The first kappa shape index (κ1) is 24.9. The van der Waals surface area contributed by atoms with Gasteiger partial charge >= 0.3 is 6.03 Å². The summed E-state index contributed by atoms with van der Waals surface area (Å²) >= 11 is 0. The van der Waals surface area contributed by atoms with Crippen molar-refractivity contribution in [1.82, 2.24) is 15.5 Å². The second-order valence-electron chi connectivity index (χ2n) is 9.61. The maximum absolute atomic E-state index is 13.4. The van der Waals surface area contributed by atoms with Crippen molar-refractivity contribution in [3.8, 4) is 11.5 Å². The number of fused-ring (bicyclic) bond motifs is 2. The lowest BCUT2D eigenvalue weighted by Gasteiger charge is -2.33. The molecule has 0 fully saturated rings. The van der Waals surface area contributed by atoms with Crippen LogP contribution in [0, 0.1) is 5.92 Å². The number of aryl methyl sites for hydroxylation is 1. The van der Waals surface area contributed by atoms with Gasteiger partial charge < -0.3 is 25.0 Å². The van der Waals surface area contributed by atoms with Crippen molar-refractivity contribution < 1.29 is 19.1 Å². The minimum absolute atomic E-state index is 0.0132. The Kier molecular flexibility index (Phi) is 7.83. The lowest BCUT2D eigenvalue weighted by Crippen LogP contribution is -2.55. The quantitative estimate of drug-likeness (QED) is 0.618. The summed E-state index contributed by atoms with van der Waals surface area (Å²) in [7, 11) is 3.23. The van der Waals surface area contributed by atoms with Crippen molar-refractivity contribution in [3.63, 3.8) is 0 Å². The van der Waals surface area contributed by atoms with Gasteiger partial charge in [0.25, 0.3) is 0 Å². The molecule has 0 bridgehead atoms. The average Bonchev–Trinajstić information content (AvgIpc) is 2.90. The number of benzene rings is 2. The standard InChI is InChI=1S/C28H37N3O4/c1-5-18(2)26(27(32)29-23-12-8-10-19-9-6-7-11-22(19)23)30-28(33)31-14-13-20-15-24(34-3)25(35-4)16-21(20)17-31/h6-7,9,11,15-16,18,23,26H,5,8,10,12-14,17H2,1-4H3,(H,29,32)(H,30,33)/t18-,23+,26-/m0/s1. The fraction of sp³-hybridized carbons (Fsp3) is 0.500. The summed E-state index contributed by atoms with van der Waals surface area (Å²) in [5, 5.41) is 6.29. The molecule has 35 heavy (non-hydrogen) atoms. The van der Waals surface area contributed by atoms with Gasteiger partial charge in [0.1, 0.15) is 6.04 Å². The maximum atomic E-state index is 13.4. The summed E-state index contributed by atoms with van der Waals surface area (Å²) in [4.78, 5) is 28.5. The van der Waals surface area contributed by atoms with E-state index in [2.05, 4.69) is 22.8 Å². The number of methoxy groups -OCH3 is 2. The Labute approximate surface area is 208 Å². The van der Waals surface area contributed by atoms with Crippen LogP contribution in [0.15, 0.2) is 36.4 Å². The van der Waals surface area contributed by atoms with Gasteiger partial charge in [0.15, 0.2) is 11.5 Å². The molecule has 1 aliphatic heterocycles. The van der Waals surface area contributed by atoms with Crippen molar-refractivity contribution in [1.29, 1.82) is 0 Å². The molecule has 0 saturated carbocycles. The molecule has 7 nitrogen and oxygen atoms in total. The Hall–Kier alpha value is -3.22. The van der Waals surface area contributed by atoms with Crippen molar-refractivity contribution in [2.24, 2.45) is 5.92 Å². The van der Waals surface area contributed by atoms with Crippen molar-refractivity contribution in [3.05, 3.63) is 58.7 Å². The van der Waals surface area contributed by atoms with E-state index in [0.717, 1.165) is 43.2 Å². The Morgan fingerprint density at radius 2 is 1.77 bits per heavy atom. The molecule has 0 aromatic heterocycles. The van der Waals surface area contributed by atoms with Crippen molar-refractivity contribution >= 4 is 11.9 Å². The van der Waals surface area contributed by atoms with Crippen LogP contribution in [-0.4, -0.2) is 43.6 Å². The van der Waals surface area contributed by atoms with E-state index in [1.807, 2.05) is 38.1 Å². The Balaban J connectivity index is 1.46. The van der Waals surface area contributed by atoms with Crippen LogP contribution in [0.4, 0.5) is 4.79 Å². The molecule has 2 aliphatic rings. The fourth-order valence-corrected chi connectivity index (χ4v) is 5.15. The zero-order valence-electron chi connectivity index (χ0n) is 21.2. The van der Waals surface area contributed by atoms with Crippen LogP contribution in [-0.2, 0) is 24.2 Å². The Morgan fingerprint density at radius 3 is 2.49 bits per heavy atom. The summed E-state index contributed by atoms with van der Waals surface area (Å²) < 4.78 is 10.9. The molecule has 2 N–H and O–H groups in total. The molecular weight excluding hydrogens is 442 g/mol. The van der Waals surface area contributed by atoms with Gasteiger partial charge in [-0.05, 0) is 66.0 Å². The van der Waals surface area contributed by atoms with E-state index in [-0.39, 0.29) is 23.9 Å². The minimum Gasteiger partial charge on any atom is -0.493 e. The number of urea groups is 1. The molecule has 2 aromatic carbocycles. The highest BCUT2D eigenvalue weighted by Gasteiger charge is 2.32. The minimum atomic E-state index is -0.589. The van der Waals surface area contributed by atoms with E-state index in [9.17, 15) is 9.59 Å². The molecule has 0 spiro atoms. The van der Waals surface area contributed by atoms with Crippen LogP contribution in [0.1, 0.15) is 61.4 Å². The summed E-state index contributed by atoms with van der Waals surface area (Å²) in [6, 6.07) is 11.4. The van der Waals surface area contributed by atoms with E-state index >= 15 is 0 Å². The highest BCUT2D eigenvalue weighted by Crippen LogP contribution is 2.33. The number of hydrogen-bond acceptors (Lipinski definition) is 4. The number of rotatable bonds is 7. The maximum Gasteiger partial charge on any atom is 0.318 e. The van der Waals surface area contributed by atoms with E-state index in [1.165, 1.54) is 11.1 Å². The summed E-state index contributed by atoms with van der Waals surface area (Å²) in [5.74, 6) is 1.25. The number of carbonyl (C=O) groups excluding carboxylic acids is 2. The second kappa shape index (κ2) is 11.0. The van der Waals surface area contributed by atoms with Crippen molar-refractivity contribution in [2.45, 2.75) is 64.6 Å². The van der Waals surface area contributed by atoms with E-state index in [1.54, 1.807) is 19.1 Å². The first-order valence-electron chi connectivity index (χ1n) is 12.6. The van der Waals surface area contributed by atoms with Gasteiger partial charge in [0.2, 0.25) is 5.91 Å². The highest BCUT2D eigenvalue weighted by atomic mass is 16.5. The fourth-order valence-electron chi connectivity index (χ4n) is 5.15. The number of nitrogens with zero attached hydrogens (tertiary/aromatic N) is 1. The normalized spacial score (nSPS) is 18.5. The van der Waals surface area contributed by atoms with Gasteiger partial charge in [0, 0.05) is 13.1 Å². The van der Waals surface area contributed by atoms with Crippen LogP contribution in [0.25, 0.3) is 0 Å². The molecule has 4 rings (SSSR count). The third-order valence-corrected chi connectivity index (χ3v) is 7.47. The molecule has 2 aromatic rings. The Bertz CT molecular complexity index is 1070. The third kappa shape index (κ3) is 5.39. The smallest absolute Gasteiger partial charge is 0.318 e. The number of nitrogens with one attached hydrogen (secondary N) is 2. The first-order chi connectivity index (χ1) is 16.9. The largest absolute Gasteiger partial charge is 0.493 e. The van der Waals surface area contributed by atoms with Crippen LogP contribution < -0.4 is 20.1 Å². The van der Waals surface area contributed by atoms with E-state index in [4.69, 9.17) is 9.47 Å². The summed E-state index contributed by atoms with van der Waals surface area (Å²) in [5.41, 5.74) is 4.68. The number of amides is 3. The molecule has 3 amide bonds. The molecule has 188 valence electrons. The van der Waals surface area contributed by atoms with Gasteiger partial charge in [-0.1, -0.05) is 44.5 Å². The lowest BCUT2D eigenvalue weighted by atomic mass is 9.87. The summed E-state index contributed by atoms with van der Waals surface area (Å²) in [6.45, 7) is 5.11. The second-order valence-corrected chi connectivity index (χ2v) is 9.61. The Morgan fingerprint density at radius 1 is 1.06 bits per heavy atom. The molecular formula is C28H37N3O4. The topological polar surface area (TPSA) is 79.9 Å². The number of hydrogen-bond donors (Lipinski definition) is 2. The van der Waals surface area contributed by atoms with Gasteiger partial charge in [-0.15, -0.1) is 0 Å². The van der Waals surface area contributed by atoms with Crippen molar-refractivity contribution in [2.75, 3.05) is 20.8 Å². The van der Waals surface area contributed by atoms with Gasteiger partial charge in [0.05, 0.1) is 20.3 Å². The van der Waals surface area contributed by atoms with Crippen LogP contribution >= 0.6 is 0 Å². The number of ether oxygens (including phenoxy) is 2. The monoisotopic (exact) mass is 479 g/mol. The molecule has 7 heteroatoms. The predicted molar refractivity (Wildman–Crippen MR) is 136 cm³/mol. The SMILES string of the molecule is CC[C@H](C)[C@H](NC(=O)N1CCc2cc(OC)c(OC)cc2C1)C(=O)N[C@@H]1CCCc2ccccc21. The average molecular weight is 480 g/mol. The lowest BCUT2D eigenvalue weighted by molar-refractivity contribution is -0.125. The zero-order chi connectivity index (χ0) is 24.9. The molecule has 0 unspecified atom stereocenters. The highest BCUT2D eigenvalue weighted by molar-refractivity contribution is 5.87. The first-order valence-corrected chi connectivity index (χ1v) is 12.6.